The van der Waals surface area contributed by atoms with Gasteiger partial charge in [-0.3, -0.25) is 4.79 Å². The molecule has 1 aromatic carbocycles. The number of aryl methyl sites for hydroxylation is 1. The highest BCUT2D eigenvalue weighted by Crippen LogP contribution is 2.44. The van der Waals surface area contributed by atoms with Crippen LogP contribution in [0.1, 0.15) is 41.6 Å². The monoisotopic (exact) mass is 339 g/mol. The largest absolute Gasteiger partial charge is 0.479 e. The standard InChI is InChI=1S/C19H21N3O3/c1-13-10-15(21-9-8-20-12-21)2-3-16(13)17(23)22-11-14-4-6-19(22,7-5-14)18(24)25/h2-3,8-10,12,14H,4-7,11H2,1H3,(H,24,25). The van der Waals surface area contributed by atoms with Gasteiger partial charge in [0.25, 0.3) is 5.91 Å². The minimum atomic E-state index is -1.03. The maximum Gasteiger partial charge on any atom is 0.329 e. The summed E-state index contributed by atoms with van der Waals surface area (Å²) in [5, 5.41) is 9.81. The van der Waals surface area contributed by atoms with Crippen molar-refractivity contribution in [3.63, 3.8) is 0 Å². The van der Waals surface area contributed by atoms with Crippen molar-refractivity contribution in [3.8, 4) is 5.69 Å². The lowest BCUT2D eigenvalue weighted by Crippen LogP contribution is -2.64. The molecule has 1 aliphatic carbocycles. The number of benzene rings is 1. The molecular weight excluding hydrogens is 318 g/mol. The average Bonchev–Trinajstić information content (AvgIpc) is 3.16. The van der Waals surface area contributed by atoms with Crippen LogP contribution in [-0.4, -0.2) is 43.5 Å². The fourth-order valence-corrected chi connectivity index (χ4v) is 4.25. The molecule has 5 rings (SSSR count). The molecule has 0 unspecified atom stereocenters. The number of imidazole rings is 1. The number of carboxylic acids is 1. The van der Waals surface area contributed by atoms with E-state index in [0.29, 0.717) is 30.9 Å². The topological polar surface area (TPSA) is 75.4 Å². The SMILES string of the molecule is Cc1cc(-n2ccnc2)ccc1C(=O)N1CC2CCC1(C(=O)O)CC2. The molecule has 25 heavy (non-hydrogen) atoms. The molecule has 0 spiro atoms. The molecule has 1 aromatic heterocycles. The van der Waals surface area contributed by atoms with Crippen LogP contribution < -0.4 is 0 Å². The van der Waals surface area contributed by atoms with E-state index >= 15 is 0 Å². The second kappa shape index (κ2) is 5.72. The zero-order valence-corrected chi connectivity index (χ0v) is 14.2. The van der Waals surface area contributed by atoms with Crippen LogP contribution in [0.4, 0.5) is 0 Å². The van der Waals surface area contributed by atoms with Gasteiger partial charge in [-0.05, 0) is 62.3 Å². The molecule has 3 fully saturated rings. The van der Waals surface area contributed by atoms with Crippen molar-refractivity contribution in [2.75, 3.05) is 6.54 Å². The zero-order valence-electron chi connectivity index (χ0n) is 14.2. The number of carbonyl (C=O) groups is 2. The van der Waals surface area contributed by atoms with E-state index in [1.165, 1.54) is 0 Å². The number of piperidine rings is 2. The molecule has 6 nitrogen and oxygen atoms in total. The Hall–Kier alpha value is -2.63. The van der Waals surface area contributed by atoms with E-state index in [1.54, 1.807) is 23.5 Å². The van der Waals surface area contributed by atoms with Crippen LogP contribution in [0.15, 0.2) is 36.9 Å². The molecule has 3 heterocycles. The van der Waals surface area contributed by atoms with Crippen molar-refractivity contribution in [1.29, 1.82) is 0 Å². The summed E-state index contributed by atoms with van der Waals surface area (Å²) in [6.45, 7) is 2.44. The summed E-state index contributed by atoms with van der Waals surface area (Å²) in [5.41, 5.74) is 1.33. The van der Waals surface area contributed by atoms with Gasteiger partial charge >= 0.3 is 5.97 Å². The third kappa shape index (κ3) is 2.44. The normalized spacial score (nSPS) is 25.2. The fraction of sp³-hybridized carbons (Fsp3) is 0.421. The quantitative estimate of drug-likeness (QED) is 0.933. The first-order valence-electron chi connectivity index (χ1n) is 8.65. The third-order valence-corrected chi connectivity index (χ3v) is 5.78. The fourth-order valence-electron chi connectivity index (χ4n) is 4.25. The Morgan fingerprint density at radius 3 is 2.64 bits per heavy atom. The Morgan fingerprint density at radius 2 is 2.04 bits per heavy atom. The van der Waals surface area contributed by atoms with Gasteiger partial charge in [-0.2, -0.15) is 0 Å². The number of hydrogen-bond donors (Lipinski definition) is 1. The van der Waals surface area contributed by atoms with Crippen molar-refractivity contribution in [2.24, 2.45) is 5.92 Å². The predicted octanol–water partition coefficient (Wildman–Crippen LogP) is 2.65. The molecule has 0 radical (unpaired) electrons. The van der Waals surface area contributed by atoms with E-state index in [-0.39, 0.29) is 5.91 Å². The smallest absolute Gasteiger partial charge is 0.329 e. The van der Waals surface area contributed by atoms with Gasteiger partial charge < -0.3 is 14.6 Å². The van der Waals surface area contributed by atoms with Gasteiger partial charge in [0.1, 0.15) is 5.54 Å². The van der Waals surface area contributed by atoms with Crippen LogP contribution in [0.25, 0.3) is 5.69 Å². The van der Waals surface area contributed by atoms with E-state index in [4.69, 9.17) is 0 Å². The molecule has 1 N–H and O–H groups in total. The number of amides is 1. The number of nitrogens with zero attached hydrogens (tertiary/aromatic N) is 3. The minimum Gasteiger partial charge on any atom is -0.479 e. The predicted molar refractivity (Wildman–Crippen MR) is 91.7 cm³/mol. The van der Waals surface area contributed by atoms with Crippen LogP contribution in [0.5, 0.6) is 0 Å². The number of hydrogen-bond acceptors (Lipinski definition) is 3. The summed E-state index contributed by atoms with van der Waals surface area (Å²) >= 11 is 0. The first kappa shape index (κ1) is 15.9. The maximum absolute atomic E-state index is 13.2. The molecule has 130 valence electrons. The Labute approximate surface area is 146 Å². The minimum absolute atomic E-state index is 0.165. The highest BCUT2D eigenvalue weighted by Gasteiger charge is 2.53. The first-order valence-corrected chi connectivity index (χ1v) is 8.65. The van der Waals surface area contributed by atoms with Crippen LogP contribution in [0.2, 0.25) is 0 Å². The van der Waals surface area contributed by atoms with Gasteiger partial charge in [0, 0.05) is 30.2 Å². The molecule has 2 aromatic rings. The van der Waals surface area contributed by atoms with Gasteiger partial charge in [-0.25, -0.2) is 9.78 Å². The first-order chi connectivity index (χ1) is 12.0. The number of fused-ring (bicyclic) bond motifs is 3. The van der Waals surface area contributed by atoms with Gasteiger partial charge in [0.05, 0.1) is 6.33 Å². The lowest BCUT2D eigenvalue weighted by atomic mass is 9.70. The summed E-state index contributed by atoms with van der Waals surface area (Å²) in [7, 11) is 0. The van der Waals surface area contributed by atoms with Crippen LogP contribution >= 0.6 is 0 Å². The lowest BCUT2D eigenvalue weighted by molar-refractivity contribution is -0.157. The summed E-state index contributed by atoms with van der Waals surface area (Å²) < 4.78 is 1.88. The van der Waals surface area contributed by atoms with Crippen molar-refractivity contribution in [1.82, 2.24) is 14.5 Å². The Morgan fingerprint density at radius 1 is 1.28 bits per heavy atom. The van der Waals surface area contributed by atoms with Crippen molar-refractivity contribution < 1.29 is 14.7 Å². The van der Waals surface area contributed by atoms with E-state index in [2.05, 4.69) is 4.98 Å². The van der Waals surface area contributed by atoms with Gasteiger partial charge in [0.2, 0.25) is 0 Å². The summed E-state index contributed by atoms with van der Waals surface area (Å²) in [6.07, 6.45) is 8.17. The molecule has 6 heteroatoms. The number of carboxylic acid groups (broad SMARTS) is 1. The lowest BCUT2D eigenvalue weighted by Gasteiger charge is -2.52. The molecule has 2 aliphatic heterocycles. The molecule has 1 saturated carbocycles. The summed E-state index contributed by atoms with van der Waals surface area (Å²) in [6, 6.07) is 5.60. The molecule has 1 amide bonds. The number of carbonyl (C=O) groups excluding carboxylic acids is 1. The average molecular weight is 339 g/mol. The van der Waals surface area contributed by atoms with E-state index in [9.17, 15) is 14.7 Å². The van der Waals surface area contributed by atoms with Gasteiger partial charge in [-0.15, -0.1) is 0 Å². The summed E-state index contributed by atoms with van der Waals surface area (Å²) in [5.74, 6) is -0.608. The van der Waals surface area contributed by atoms with Crippen LogP contribution in [0, 0.1) is 12.8 Å². The summed E-state index contributed by atoms with van der Waals surface area (Å²) in [4.78, 5) is 30.8. The van der Waals surface area contributed by atoms with Gasteiger partial charge in [-0.1, -0.05) is 0 Å². The van der Waals surface area contributed by atoms with Crippen molar-refractivity contribution >= 4 is 11.9 Å². The maximum atomic E-state index is 13.2. The third-order valence-electron chi connectivity index (χ3n) is 5.78. The molecule has 2 bridgehead atoms. The Bertz CT molecular complexity index is 820. The Kier molecular flexibility index (Phi) is 3.63. The second-order valence-corrected chi connectivity index (χ2v) is 7.17. The van der Waals surface area contributed by atoms with Crippen molar-refractivity contribution in [3.05, 3.63) is 48.0 Å². The molecular formula is C19H21N3O3. The number of rotatable bonds is 3. The molecule has 2 saturated heterocycles. The van der Waals surface area contributed by atoms with E-state index in [1.807, 2.05) is 29.8 Å². The molecule has 0 atom stereocenters. The van der Waals surface area contributed by atoms with Gasteiger partial charge in [0.15, 0.2) is 0 Å². The molecule has 3 aliphatic rings. The highest BCUT2D eigenvalue weighted by molar-refractivity contribution is 5.99. The van der Waals surface area contributed by atoms with E-state index in [0.717, 1.165) is 24.1 Å². The van der Waals surface area contributed by atoms with Crippen molar-refractivity contribution in [2.45, 2.75) is 38.1 Å². The Balaban J connectivity index is 1.68. The van der Waals surface area contributed by atoms with E-state index < -0.39 is 11.5 Å². The highest BCUT2D eigenvalue weighted by atomic mass is 16.4. The zero-order chi connectivity index (χ0) is 17.6. The second-order valence-electron chi connectivity index (χ2n) is 7.17. The number of aliphatic carboxylic acids is 1. The van der Waals surface area contributed by atoms with Crippen LogP contribution in [0.3, 0.4) is 0 Å². The number of aromatic nitrogens is 2. The van der Waals surface area contributed by atoms with Crippen LogP contribution in [-0.2, 0) is 4.79 Å².